The number of carbonyl (C=O) groups is 1. The molecule has 0 aliphatic carbocycles. The molecule has 1 aromatic rings. The predicted molar refractivity (Wildman–Crippen MR) is 109 cm³/mol. The highest BCUT2D eigenvalue weighted by molar-refractivity contribution is 5.63. The summed E-state index contributed by atoms with van der Waals surface area (Å²) >= 11 is 0. The Bertz CT molecular complexity index is 640. The molecular weight excluding hydrogens is 324 g/mol. The summed E-state index contributed by atoms with van der Waals surface area (Å²) in [7, 11) is 0. The number of carboxylic acid groups (broad SMARTS) is 1. The van der Waals surface area contributed by atoms with Crippen molar-refractivity contribution < 1.29 is 14.6 Å². The fraction of sp³-hybridized carbons (Fsp3) is 0.696. The Morgan fingerprint density at radius 2 is 1.31 bits per heavy atom. The summed E-state index contributed by atoms with van der Waals surface area (Å²) in [5.74, 6) is 0.464. The van der Waals surface area contributed by atoms with Gasteiger partial charge in [-0.15, -0.1) is 0 Å². The summed E-state index contributed by atoms with van der Waals surface area (Å²) in [5.41, 5.74) is 2.17. The van der Waals surface area contributed by atoms with Crippen LogP contribution in [0.15, 0.2) is 18.2 Å². The smallest absolute Gasteiger partial charge is 0.449 e. The quantitative estimate of drug-likeness (QED) is 0.446. The third kappa shape index (κ3) is 6.34. The first-order chi connectivity index (χ1) is 11.4. The second-order valence-corrected chi connectivity index (χ2v) is 11.3. The van der Waals surface area contributed by atoms with Gasteiger partial charge in [0.1, 0.15) is 5.75 Å². The van der Waals surface area contributed by atoms with Gasteiger partial charge < -0.3 is 9.84 Å². The molecule has 0 saturated heterocycles. The van der Waals surface area contributed by atoms with Gasteiger partial charge in [0.25, 0.3) is 0 Å². The molecule has 0 spiro atoms. The van der Waals surface area contributed by atoms with Gasteiger partial charge in [-0.05, 0) is 46.1 Å². The molecule has 1 N–H and O–H groups in total. The summed E-state index contributed by atoms with van der Waals surface area (Å²) < 4.78 is 5.23. The first-order valence-electron chi connectivity index (χ1n) is 9.49. The van der Waals surface area contributed by atoms with Crippen LogP contribution in [0.4, 0.5) is 4.79 Å². The highest BCUT2D eigenvalue weighted by Gasteiger charge is 2.37. The monoisotopic (exact) mass is 362 g/mol. The van der Waals surface area contributed by atoms with E-state index in [2.05, 4.69) is 75.3 Å². The molecule has 1 aromatic carbocycles. The summed E-state index contributed by atoms with van der Waals surface area (Å²) in [6, 6.07) is 5.83. The Morgan fingerprint density at radius 1 is 0.846 bits per heavy atom. The van der Waals surface area contributed by atoms with Crippen LogP contribution in [-0.4, -0.2) is 11.3 Å². The van der Waals surface area contributed by atoms with E-state index in [9.17, 15) is 9.90 Å². The van der Waals surface area contributed by atoms with Crippen LogP contribution in [0.2, 0.25) is 0 Å². The van der Waals surface area contributed by atoms with E-state index in [0.717, 1.165) is 18.4 Å². The number of hydrogen-bond acceptors (Lipinski definition) is 2. The minimum Gasteiger partial charge on any atom is -0.449 e. The van der Waals surface area contributed by atoms with Crippen LogP contribution in [0.25, 0.3) is 0 Å². The van der Waals surface area contributed by atoms with Gasteiger partial charge in [-0.1, -0.05) is 81.4 Å². The lowest BCUT2D eigenvalue weighted by Gasteiger charge is -2.40. The van der Waals surface area contributed by atoms with E-state index in [4.69, 9.17) is 4.74 Å². The van der Waals surface area contributed by atoms with E-state index < -0.39 is 6.16 Å². The average Bonchev–Trinajstić information content (AvgIpc) is 2.31. The molecule has 26 heavy (non-hydrogen) atoms. The maximum atomic E-state index is 11.3. The van der Waals surface area contributed by atoms with Crippen molar-refractivity contribution in [3.8, 4) is 5.75 Å². The van der Waals surface area contributed by atoms with Crippen molar-refractivity contribution in [1.82, 2.24) is 0 Å². The summed E-state index contributed by atoms with van der Waals surface area (Å²) in [4.78, 5) is 11.3. The van der Waals surface area contributed by atoms with Crippen molar-refractivity contribution in [3.63, 3.8) is 0 Å². The first kappa shape index (κ1) is 22.5. The van der Waals surface area contributed by atoms with Gasteiger partial charge in [0.15, 0.2) is 0 Å². The zero-order valence-corrected chi connectivity index (χ0v) is 18.4. The molecular formula is C23H38O3. The normalized spacial score (nSPS) is 13.6. The molecule has 0 radical (unpaired) electrons. The SMILES string of the molecule is CC(C)(C)CC(C)(C)c1cccc(OC(=O)O)c1C(C)(C)CC(C)(C)C. The van der Waals surface area contributed by atoms with Gasteiger partial charge in [-0.2, -0.15) is 0 Å². The predicted octanol–water partition coefficient (Wildman–Crippen LogP) is 7.17. The summed E-state index contributed by atoms with van der Waals surface area (Å²) in [6.45, 7) is 22.3. The van der Waals surface area contributed by atoms with Gasteiger partial charge >= 0.3 is 6.16 Å². The van der Waals surface area contributed by atoms with E-state index >= 15 is 0 Å². The minimum atomic E-state index is -1.26. The van der Waals surface area contributed by atoms with Crippen LogP contribution < -0.4 is 4.74 Å². The number of hydrogen-bond donors (Lipinski definition) is 1. The largest absolute Gasteiger partial charge is 0.511 e. The lowest BCUT2D eigenvalue weighted by Crippen LogP contribution is -2.32. The van der Waals surface area contributed by atoms with Crippen LogP contribution in [-0.2, 0) is 10.8 Å². The zero-order chi connectivity index (χ0) is 20.6. The Kier molecular flexibility index (Phi) is 6.28. The molecule has 0 aliphatic rings. The molecule has 0 saturated carbocycles. The fourth-order valence-corrected chi connectivity index (χ4v) is 4.81. The van der Waals surface area contributed by atoms with Crippen molar-refractivity contribution in [2.75, 3.05) is 0 Å². The molecule has 0 aliphatic heterocycles. The maximum Gasteiger partial charge on any atom is 0.511 e. The topological polar surface area (TPSA) is 46.5 Å². The molecule has 0 atom stereocenters. The summed E-state index contributed by atoms with van der Waals surface area (Å²) in [5, 5.41) is 9.25. The second-order valence-electron chi connectivity index (χ2n) is 11.3. The third-order valence-corrected chi connectivity index (χ3v) is 4.57. The fourth-order valence-electron chi connectivity index (χ4n) is 4.81. The molecule has 148 valence electrons. The number of ether oxygens (including phenoxy) is 1. The Labute approximate surface area is 160 Å². The van der Waals surface area contributed by atoms with Gasteiger partial charge in [0, 0.05) is 5.56 Å². The lowest BCUT2D eigenvalue weighted by atomic mass is 9.64. The van der Waals surface area contributed by atoms with E-state index in [1.165, 1.54) is 5.56 Å². The van der Waals surface area contributed by atoms with Crippen LogP contribution >= 0.6 is 0 Å². The molecule has 0 unspecified atom stereocenters. The van der Waals surface area contributed by atoms with E-state index in [1.54, 1.807) is 6.07 Å². The highest BCUT2D eigenvalue weighted by atomic mass is 16.7. The van der Waals surface area contributed by atoms with Crippen molar-refractivity contribution in [2.24, 2.45) is 10.8 Å². The molecule has 0 bridgehead atoms. The van der Waals surface area contributed by atoms with E-state index in [-0.39, 0.29) is 21.7 Å². The molecule has 0 aromatic heterocycles. The third-order valence-electron chi connectivity index (χ3n) is 4.57. The van der Waals surface area contributed by atoms with Crippen molar-refractivity contribution >= 4 is 6.16 Å². The maximum absolute atomic E-state index is 11.3. The van der Waals surface area contributed by atoms with Crippen LogP contribution in [0.5, 0.6) is 5.75 Å². The molecule has 0 fully saturated rings. The molecule has 0 amide bonds. The minimum absolute atomic E-state index is 0.0966. The van der Waals surface area contributed by atoms with Crippen molar-refractivity contribution in [2.45, 2.75) is 92.9 Å². The van der Waals surface area contributed by atoms with E-state index in [0.29, 0.717) is 5.75 Å². The average molecular weight is 363 g/mol. The summed E-state index contributed by atoms with van der Waals surface area (Å²) in [6.07, 6.45) is 0.664. The Balaban J connectivity index is 3.64. The second kappa shape index (κ2) is 7.25. The number of benzene rings is 1. The van der Waals surface area contributed by atoms with Gasteiger partial charge in [0.2, 0.25) is 0 Å². The van der Waals surface area contributed by atoms with Crippen LogP contribution in [0.1, 0.15) is 93.2 Å². The van der Waals surface area contributed by atoms with Gasteiger partial charge in [-0.25, -0.2) is 4.79 Å². The first-order valence-corrected chi connectivity index (χ1v) is 9.49. The van der Waals surface area contributed by atoms with Crippen LogP contribution in [0, 0.1) is 10.8 Å². The Hall–Kier alpha value is -1.51. The Morgan fingerprint density at radius 3 is 1.73 bits per heavy atom. The molecule has 3 heteroatoms. The zero-order valence-electron chi connectivity index (χ0n) is 18.4. The standard InChI is InChI=1S/C23H38O3/c1-20(2,3)14-22(7,8)16-12-11-13-17(26-19(24)25)18(16)23(9,10)15-21(4,5)6/h11-13H,14-15H2,1-10H3,(H,24,25). The van der Waals surface area contributed by atoms with Gasteiger partial charge in [0.05, 0.1) is 0 Å². The molecule has 0 heterocycles. The van der Waals surface area contributed by atoms with Crippen LogP contribution in [0.3, 0.4) is 0 Å². The highest BCUT2D eigenvalue weighted by Crippen LogP contribution is 2.47. The molecule has 3 nitrogen and oxygen atoms in total. The van der Waals surface area contributed by atoms with Gasteiger partial charge in [-0.3, -0.25) is 0 Å². The number of rotatable bonds is 5. The van der Waals surface area contributed by atoms with E-state index in [1.807, 2.05) is 6.07 Å². The van der Waals surface area contributed by atoms with Crippen molar-refractivity contribution in [3.05, 3.63) is 29.3 Å². The lowest BCUT2D eigenvalue weighted by molar-refractivity contribution is 0.142. The molecule has 1 rings (SSSR count). The van der Waals surface area contributed by atoms with Crippen molar-refractivity contribution in [1.29, 1.82) is 0 Å².